The van der Waals surface area contributed by atoms with Gasteiger partial charge in [-0.25, -0.2) is 0 Å². The predicted octanol–water partition coefficient (Wildman–Crippen LogP) is 3.02. The summed E-state index contributed by atoms with van der Waals surface area (Å²) in [5.74, 6) is 0.586. The van der Waals surface area contributed by atoms with Crippen molar-refractivity contribution < 1.29 is 4.79 Å². The highest BCUT2D eigenvalue weighted by atomic mass is 79.9. The molecule has 18 heavy (non-hydrogen) atoms. The van der Waals surface area contributed by atoms with Crippen LogP contribution in [0.2, 0.25) is 0 Å². The number of carbonyl (C=O) groups is 1. The van der Waals surface area contributed by atoms with Gasteiger partial charge in [0, 0.05) is 13.1 Å². The Balaban J connectivity index is 2.13. The van der Waals surface area contributed by atoms with Crippen LogP contribution in [0.15, 0.2) is 9.85 Å². The second-order valence-electron chi connectivity index (χ2n) is 4.98. The Kier molecular flexibility index (Phi) is 4.45. The van der Waals surface area contributed by atoms with Gasteiger partial charge in [-0.2, -0.15) is 0 Å². The third-order valence-electron chi connectivity index (χ3n) is 3.81. The smallest absolute Gasteiger partial charge is 0.263 e. The second kappa shape index (κ2) is 5.72. The van der Waals surface area contributed by atoms with E-state index in [4.69, 9.17) is 5.73 Å². The fraction of sp³-hybridized carbons (Fsp3) is 0.615. The van der Waals surface area contributed by atoms with Crippen LogP contribution >= 0.6 is 27.3 Å². The molecule has 1 heterocycles. The van der Waals surface area contributed by atoms with E-state index in [1.807, 2.05) is 24.9 Å². The standard InChI is InChI=1S/C13H19BrN2OS/c1-8-6-11(18-12(8)14)13(17)16(2)10-5-3-4-9(10)7-15/h6,9-10H,3-5,7,15H2,1-2H3. The van der Waals surface area contributed by atoms with Gasteiger partial charge in [-0.3, -0.25) is 4.79 Å². The Hall–Kier alpha value is -0.390. The number of nitrogens with zero attached hydrogens (tertiary/aromatic N) is 1. The average molecular weight is 331 g/mol. The van der Waals surface area contributed by atoms with E-state index < -0.39 is 0 Å². The van der Waals surface area contributed by atoms with Gasteiger partial charge >= 0.3 is 0 Å². The number of halogens is 1. The van der Waals surface area contributed by atoms with Gasteiger partial charge in [-0.15, -0.1) is 11.3 Å². The van der Waals surface area contributed by atoms with Crippen LogP contribution in [0, 0.1) is 12.8 Å². The first-order valence-electron chi connectivity index (χ1n) is 6.27. The SMILES string of the molecule is Cc1cc(C(=O)N(C)C2CCCC2CN)sc1Br. The van der Waals surface area contributed by atoms with Gasteiger partial charge in [0.15, 0.2) is 0 Å². The molecule has 2 rings (SSSR count). The number of hydrogen-bond acceptors (Lipinski definition) is 3. The summed E-state index contributed by atoms with van der Waals surface area (Å²) in [5.41, 5.74) is 6.91. The molecular weight excluding hydrogens is 312 g/mol. The lowest BCUT2D eigenvalue weighted by Gasteiger charge is -2.28. The lowest BCUT2D eigenvalue weighted by Crippen LogP contribution is -2.41. The summed E-state index contributed by atoms with van der Waals surface area (Å²) in [5, 5.41) is 0. The number of thiophene rings is 1. The van der Waals surface area contributed by atoms with Gasteiger partial charge in [-0.05, 0) is 59.8 Å². The van der Waals surface area contributed by atoms with Crippen molar-refractivity contribution in [3.8, 4) is 0 Å². The first-order valence-corrected chi connectivity index (χ1v) is 7.88. The minimum atomic E-state index is 0.124. The lowest BCUT2D eigenvalue weighted by molar-refractivity contribution is 0.0705. The second-order valence-corrected chi connectivity index (χ2v) is 7.35. The zero-order chi connectivity index (χ0) is 13.3. The van der Waals surface area contributed by atoms with Gasteiger partial charge in [0.25, 0.3) is 5.91 Å². The number of nitrogens with two attached hydrogens (primary N) is 1. The molecule has 1 amide bonds. The Morgan fingerprint density at radius 3 is 2.89 bits per heavy atom. The molecule has 2 unspecified atom stereocenters. The van der Waals surface area contributed by atoms with Gasteiger partial charge in [0.05, 0.1) is 8.66 Å². The van der Waals surface area contributed by atoms with Crippen LogP contribution in [-0.4, -0.2) is 30.4 Å². The number of amides is 1. The zero-order valence-corrected chi connectivity index (χ0v) is 13.2. The molecule has 100 valence electrons. The third-order valence-corrected chi connectivity index (χ3v) is 5.93. The molecule has 1 aromatic rings. The Morgan fingerprint density at radius 1 is 1.61 bits per heavy atom. The molecule has 1 saturated carbocycles. The summed E-state index contributed by atoms with van der Waals surface area (Å²) < 4.78 is 1.04. The van der Waals surface area contributed by atoms with Gasteiger partial charge in [-0.1, -0.05) is 6.42 Å². The number of rotatable bonds is 3. The van der Waals surface area contributed by atoms with Crippen molar-refractivity contribution in [1.29, 1.82) is 0 Å². The van der Waals surface area contributed by atoms with E-state index in [0.717, 1.165) is 27.1 Å². The average Bonchev–Trinajstić information content (AvgIpc) is 2.95. The summed E-state index contributed by atoms with van der Waals surface area (Å²) >= 11 is 4.98. The predicted molar refractivity (Wildman–Crippen MR) is 79.0 cm³/mol. The van der Waals surface area contributed by atoms with Gasteiger partial charge < -0.3 is 10.6 Å². The van der Waals surface area contributed by atoms with E-state index in [2.05, 4.69) is 15.9 Å². The van der Waals surface area contributed by atoms with Gasteiger partial charge in [0.1, 0.15) is 0 Å². The topological polar surface area (TPSA) is 46.3 Å². The Morgan fingerprint density at radius 2 is 2.33 bits per heavy atom. The van der Waals surface area contributed by atoms with Crippen LogP contribution in [0.1, 0.15) is 34.5 Å². The summed E-state index contributed by atoms with van der Waals surface area (Å²) in [6.45, 7) is 2.69. The normalized spacial score (nSPS) is 23.3. The first kappa shape index (κ1) is 14.0. The van der Waals surface area contributed by atoms with Gasteiger partial charge in [0.2, 0.25) is 0 Å². The van der Waals surface area contributed by atoms with Crippen LogP contribution in [0.3, 0.4) is 0 Å². The molecule has 1 aliphatic rings. The maximum absolute atomic E-state index is 12.4. The molecule has 3 nitrogen and oxygen atoms in total. The molecule has 2 atom stereocenters. The number of carbonyl (C=O) groups excluding carboxylic acids is 1. The molecule has 0 spiro atoms. The minimum absolute atomic E-state index is 0.124. The van der Waals surface area contributed by atoms with Crippen LogP contribution in [-0.2, 0) is 0 Å². The molecule has 1 aliphatic carbocycles. The van der Waals surface area contributed by atoms with Crippen LogP contribution in [0.25, 0.3) is 0 Å². The molecule has 2 N–H and O–H groups in total. The van der Waals surface area contributed by atoms with E-state index in [1.54, 1.807) is 0 Å². The van der Waals surface area contributed by atoms with Crippen molar-refractivity contribution in [3.63, 3.8) is 0 Å². The number of hydrogen-bond donors (Lipinski definition) is 1. The summed E-state index contributed by atoms with van der Waals surface area (Å²) in [7, 11) is 1.91. The summed E-state index contributed by atoms with van der Waals surface area (Å²) in [4.78, 5) is 15.1. The molecule has 5 heteroatoms. The maximum atomic E-state index is 12.4. The van der Waals surface area contributed by atoms with Crippen molar-refractivity contribution in [2.24, 2.45) is 11.7 Å². The molecule has 1 aromatic heterocycles. The molecule has 1 fully saturated rings. The molecular formula is C13H19BrN2OS. The van der Waals surface area contributed by atoms with Crippen molar-refractivity contribution >= 4 is 33.2 Å². The highest BCUT2D eigenvalue weighted by Crippen LogP contribution is 2.32. The Bertz CT molecular complexity index is 427. The first-order chi connectivity index (χ1) is 8.54. The highest BCUT2D eigenvalue weighted by molar-refractivity contribution is 9.11. The van der Waals surface area contributed by atoms with Crippen LogP contribution < -0.4 is 5.73 Å². The van der Waals surface area contributed by atoms with Crippen molar-refractivity contribution in [3.05, 3.63) is 20.3 Å². The van der Waals surface area contributed by atoms with Crippen LogP contribution in [0.4, 0.5) is 0 Å². The van der Waals surface area contributed by atoms with E-state index in [-0.39, 0.29) is 5.91 Å². The van der Waals surface area contributed by atoms with E-state index in [1.165, 1.54) is 17.8 Å². The van der Waals surface area contributed by atoms with E-state index in [0.29, 0.717) is 18.5 Å². The molecule has 0 aliphatic heterocycles. The quantitative estimate of drug-likeness (QED) is 0.925. The largest absolute Gasteiger partial charge is 0.338 e. The van der Waals surface area contributed by atoms with Crippen molar-refractivity contribution in [2.45, 2.75) is 32.2 Å². The number of aryl methyl sites for hydroxylation is 1. The fourth-order valence-corrected chi connectivity index (χ4v) is 4.21. The maximum Gasteiger partial charge on any atom is 0.263 e. The lowest BCUT2D eigenvalue weighted by atomic mass is 10.0. The van der Waals surface area contributed by atoms with E-state index in [9.17, 15) is 4.79 Å². The molecule has 0 aromatic carbocycles. The van der Waals surface area contributed by atoms with Crippen molar-refractivity contribution in [2.75, 3.05) is 13.6 Å². The monoisotopic (exact) mass is 330 g/mol. The Labute approximate surface area is 120 Å². The van der Waals surface area contributed by atoms with Crippen molar-refractivity contribution in [1.82, 2.24) is 4.90 Å². The van der Waals surface area contributed by atoms with E-state index >= 15 is 0 Å². The zero-order valence-electron chi connectivity index (χ0n) is 10.8. The molecule has 0 radical (unpaired) electrons. The molecule has 0 saturated heterocycles. The van der Waals surface area contributed by atoms with Crippen LogP contribution in [0.5, 0.6) is 0 Å². The third kappa shape index (κ3) is 2.63. The summed E-state index contributed by atoms with van der Waals surface area (Å²) in [6.07, 6.45) is 3.40. The summed E-state index contributed by atoms with van der Waals surface area (Å²) in [6, 6.07) is 2.27. The minimum Gasteiger partial charge on any atom is -0.338 e. The molecule has 0 bridgehead atoms. The highest BCUT2D eigenvalue weighted by Gasteiger charge is 2.32. The fourth-order valence-electron chi connectivity index (χ4n) is 2.69.